The number of hydrogen-bond acceptors (Lipinski definition) is 8. The first-order chi connectivity index (χ1) is 16.3. The highest BCUT2D eigenvalue weighted by atomic mass is 16.4. The highest BCUT2D eigenvalue weighted by molar-refractivity contribution is 5.96. The van der Waals surface area contributed by atoms with Gasteiger partial charge in [-0.05, 0) is 25.7 Å². The lowest BCUT2D eigenvalue weighted by atomic mass is 10.1. The van der Waals surface area contributed by atoms with Gasteiger partial charge in [-0.2, -0.15) is 0 Å². The molecule has 4 atom stereocenters. The zero-order valence-corrected chi connectivity index (χ0v) is 19.1. The molecule has 1 heterocycles. The van der Waals surface area contributed by atoms with Crippen LogP contribution in [0.2, 0.25) is 0 Å². The lowest BCUT2D eigenvalue weighted by Crippen LogP contribution is -2.57. The van der Waals surface area contributed by atoms with Crippen molar-refractivity contribution < 1.29 is 33.9 Å². The Morgan fingerprint density at radius 1 is 0.971 bits per heavy atom. The van der Waals surface area contributed by atoms with E-state index in [2.05, 4.69) is 15.6 Å². The van der Waals surface area contributed by atoms with Crippen molar-refractivity contribution in [1.29, 1.82) is 0 Å². The summed E-state index contributed by atoms with van der Waals surface area (Å²) < 4.78 is 0. The summed E-state index contributed by atoms with van der Waals surface area (Å²) in [6.07, 6.45) is -0.120. The number of nitrogens with zero attached hydrogens (tertiary/aromatic N) is 2. The van der Waals surface area contributed by atoms with E-state index < -0.39 is 72.5 Å². The molecule has 0 aromatic carbocycles. The third kappa shape index (κ3) is 9.83. The minimum absolute atomic E-state index is 0.0300. The number of carbonyl (C=O) groups is 6. The summed E-state index contributed by atoms with van der Waals surface area (Å²) in [5, 5.41) is 14.0. The molecule has 1 aliphatic rings. The third-order valence-electron chi connectivity index (χ3n) is 5.17. The van der Waals surface area contributed by atoms with E-state index in [0.717, 1.165) is 0 Å². The van der Waals surface area contributed by atoms with E-state index in [1.807, 2.05) is 0 Å². The molecule has 1 aliphatic heterocycles. The van der Waals surface area contributed by atoms with E-state index in [-0.39, 0.29) is 38.3 Å². The molecule has 1 saturated heterocycles. The lowest BCUT2D eigenvalue weighted by molar-refractivity contribution is -0.143. The van der Waals surface area contributed by atoms with Crippen LogP contribution in [0.1, 0.15) is 38.5 Å². The molecule has 13 N–H and O–H groups in total. The predicted molar refractivity (Wildman–Crippen MR) is 122 cm³/mol. The van der Waals surface area contributed by atoms with Crippen LogP contribution in [0.25, 0.3) is 0 Å². The summed E-state index contributed by atoms with van der Waals surface area (Å²) >= 11 is 0. The number of primary amides is 2. The fourth-order valence-corrected chi connectivity index (χ4v) is 3.53. The van der Waals surface area contributed by atoms with Crippen LogP contribution in [0.15, 0.2) is 4.99 Å². The van der Waals surface area contributed by atoms with Crippen LogP contribution < -0.4 is 39.3 Å². The highest BCUT2D eigenvalue weighted by Crippen LogP contribution is 2.19. The molecule has 0 aromatic rings. The SMILES string of the molecule is NC(=O)CC(N)C(=O)N1CCCC1C(=O)NC(CC(N)=O)C(=O)NC(CCCN=C(N)N)C(=O)O. The third-order valence-corrected chi connectivity index (χ3v) is 5.17. The zero-order chi connectivity index (χ0) is 26.7. The molecule has 16 heteroatoms. The molecular weight excluding hydrogens is 466 g/mol. The Bertz CT molecular complexity index is 860. The van der Waals surface area contributed by atoms with Crippen molar-refractivity contribution in [3.8, 4) is 0 Å². The summed E-state index contributed by atoms with van der Waals surface area (Å²) in [7, 11) is 0. The minimum atomic E-state index is -1.49. The zero-order valence-electron chi connectivity index (χ0n) is 19.1. The molecule has 35 heavy (non-hydrogen) atoms. The Morgan fingerprint density at radius 2 is 1.60 bits per heavy atom. The first kappa shape index (κ1) is 29.1. The van der Waals surface area contributed by atoms with Crippen molar-refractivity contribution in [2.24, 2.45) is 33.7 Å². The smallest absolute Gasteiger partial charge is 0.326 e. The minimum Gasteiger partial charge on any atom is -0.480 e. The first-order valence-electron chi connectivity index (χ1n) is 10.8. The molecule has 196 valence electrons. The molecule has 0 aromatic heterocycles. The summed E-state index contributed by atoms with van der Waals surface area (Å²) in [4.78, 5) is 77.1. The quantitative estimate of drug-likeness (QED) is 0.0640. The van der Waals surface area contributed by atoms with Crippen LogP contribution in [-0.2, 0) is 28.8 Å². The van der Waals surface area contributed by atoms with Gasteiger partial charge < -0.3 is 49.3 Å². The number of likely N-dealkylation sites (tertiary alicyclic amines) is 1. The van der Waals surface area contributed by atoms with Crippen LogP contribution in [0, 0.1) is 0 Å². The van der Waals surface area contributed by atoms with Crippen LogP contribution >= 0.6 is 0 Å². The number of amides is 5. The predicted octanol–water partition coefficient (Wildman–Crippen LogP) is -4.84. The number of aliphatic carboxylic acids is 1. The number of carboxylic acids is 1. The Labute approximate surface area is 201 Å². The van der Waals surface area contributed by atoms with Gasteiger partial charge in [0.1, 0.15) is 18.1 Å². The lowest BCUT2D eigenvalue weighted by Gasteiger charge is -2.28. The van der Waals surface area contributed by atoms with Gasteiger partial charge >= 0.3 is 5.97 Å². The van der Waals surface area contributed by atoms with Crippen LogP contribution in [0.4, 0.5) is 0 Å². The van der Waals surface area contributed by atoms with Gasteiger partial charge in [0, 0.05) is 13.1 Å². The second kappa shape index (κ2) is 13.7. The monoisotopic (exact) mass is 499 g/mol. The standard InChI is InChI=1S/C19H33N9O7/c20-9(7-13(21)29)17(33)28-6-2-4-12(28)16(32)27-11(8-14(22)30)15(31)26-10(18(34)35)3-1-5-25-19(23)24/h9-12H,1-8,20H2,(H2,21,29)(H2,22,30)(H,26,31)(H,27,32)(H,34,35)(H4,23,24,25). The van der Waals surface area contributed by atoms with Crippen LogP contribution in [0.5, 0.6) is 0 Å². The topological polar surface area (TPSA) is 292 Å². The molecule has 0 saturated carbocycles. The van der Waals surface area contributed by atoms with Gasteiger partial charge in [0.05, 0.1) is 18.9 Å². The van der Waals surface area contributed by atoms with Crippen molar-refractivity contribution in [3.63, 3.8) is 0 Å². The van der Waals surface area contributed by atoms with E-state index in [1.54, 1.807) is 0 Å². The van der Waals surface area contributed by atoms with Crippen molar-refractivity contribution in [3.05, 3.63) is 0 Å². The molecule has 1 rings (SSSR count). The average Bonchev–Trinajstić information content (AvgIpc) is 3.23. The Kier molecular flexibility index (Phi) is 11.4. The first-order valence-corrected chi connectivity index (χ1v) is 10.8. The molecular formula is C19H33N9O7. The molecule has 4 unspecified atom stereocenters. The summed E-state index contributed by atoms with van der Waals surface area (Å²) in [6.45, 7) is 0.319. The van der Waals surface area contributed by atoms with E-state index in [0.29, 0.717) is 6.42 Å². The van der Waals surface area contributed by atoms with Gasteiger partial charge in [-0.15, -0.1) is 0 Å². The molecule has 5 amide bonds. The van der Waals surface area contributed by atoms with Crippen molar-refractivity contribution in [2.75, 3.05) is 13.1 Å². The molecule has 1 fully saturated rings. The number of rotatable bonds is 14. The number of carboxylic acid groups (broad SMARTS) is 1. The number of aliphatic imine (C=N–C) groups is 1. The van der Waals surface area contributed by atoms with Crippen LogP contribution in [0.3, 0.4) is 0 Å². The van der Waals surface area contributed by atoms with E-state index in [1.165, 1.54) is 4.90 Å². The fourth-order valence-electron chi connectivity index (χ4n) is 3.53. The largest absolute Gasteiger partial charge is 0.480 e. The molecule has 0 radical (unpaired) electrons. The normalized spacial score (nSPS) is 17.5. The Hall–Kier alpha value is -3.95. The van der Waals surface area contributed by atoms with Crippen LogP contribution in [-0.4, -0.2) is 88.7 Å². The number of nitrogens with two attached hydrogens (primary N) is 5. The number of hydrogen-bond donors (Lipinski definition) is 8. The molecule has 0 aliphatic carbocycles. The molecule has 0 bridgehead atoms. The maximum atomic E-state index is 12.9. The second-order valence-electron chi connectivity index (χ2n) is 8.05. The molecule has 0 spiro atoms. The van der Waals surface area contributed by atoms with Gasteiger partial charge in [-0.25, -0.2) is 4.79 Å². The number of carbonyl (C=O) groups excluding carboxylic acids is 5. The Balaban J connectivity index is 2.89. The van der Waals surface area contributed by atoms with Crippen molar-refractivity contribution in [2.45, 2.75) is 62.7 Å². The Morgan fingerprint density at radius 3 is 2.14 bits per heavy atom. The summed E-state index contributed by atoms with van der Waals surface area (Å²) in [5.41, 5.74) is 26.4. The fraction of sp³-hybridized carbons (Fsp3) is 0.632. The van der Waals surface area contributed by atoms with Gasteiger partial charge in [-0.3, -0.25) is 29.0 Å². The van der Waals surface area contributed by atoms with Gasteiger partial charge in [0.15, 0.2) is 5.96 Å². The second-order valence-corrected chi connectivity index (χ2v) is 8.05. The van der Waals surface area contributed by atoms with E-state index >= 15 is 0 Å². The number of guanidine groups is 1. The maximum Gasteiger partial charge on any atom is 0.326 e. The summed E-state index contributed by atoms with van der Waals surface area (Å²) in [5.74, 6) is -5.59. The van der Waals surface area contributed by atoms with Gasteiger partial charge in [-0.1, -0.05) is 0 Å². The maximum absolute atomic E-state index is 12.9. The number of nitrogens with one attached hydrogen (secondary N) is 2. The van der Waals surface area contributed by atoms with E-state index in [4.69, 9.17) is 28.7 Å². The van der Waals surface area contributed by atoms with E-state index in [9.17, 15) is 33.9 Å². The van der Waals surface area contributed by atoms with Crippen molar-refractivity contribution in [1.82, 2.24) is 15.5 Å². The molecule has 16 nitrogen and oxygen atoms in total. The van der Waals surface area contributed by atoms with Gasteiger partial charge in [0.2, 0.25) is 29.5 Å². The van der Waals surface area contributed by atoms with Gasteiger partial charge in [0.25, 0.3) is 0 Å². The highest BCUT2D eigenvalue weighted by Gasteiger charge is 2.38. The summed E-state index contributed by atoms with van der Waals surface area (Å²) in [6, 6.07) is -5.09. The van der Waals surface area contributed by atoms with Crippen molar-refractivity contribution >= 4 is 41.5 Å². The average molecular weight is 500 g/mol.